The SMILES string of the molecule is CCCCNC[C@H](O)C(=O)[C@H](O)C(O)CO. The number of Topliss-reactive ketones (excluding diaryl/α,β-unsaturated/α-hetero) is 1. The lowest BCUT2D eigenvalue weighted by atomic mass is 10.1. The van der Waals surface area contributed by atoms with Crippen molar-refractivity contribution >= 4 is 5.78 Å². The van der Waals surface area contributed by atoms with E-state index in [1.54, 1.807) is 0 Å². The summed E-state index contributed by atoms with van der Waals surface area (Å²) in [6.45, 7) is 2.01. The largest absolute Gasteiger partial charge is 0.394 e. The van der Waals surface area contributed by atoms with Crippen molar-refractivity contribution in [1.82, 2.24) is 5.32 Å². The number of hydrogen-bond acceptors (Lipinski definition) is 6. The molecule has 0 radical (unpaired) electrons. The second-order valence-electron chi connectivity index (χ2n) is 3.67. The van der Waals surface area contributed by atoms with Crippen molar-refractivity contribution in [2.24, 2.45) is 0 Å². The molecule has 0 amide bonds. The monoisotopic (exact) mass is 235 g/mol. The smallest absolute Gasteiger partial charge is 0.193 e. The number of aliphatic hydroxyl groups is 4. The first-order chi connectivity index (χ1) is 7.54. The van der Waals surface area contributed by atoms with Gasteiger partial charge < -0.3 is 25.7 Å². The average molecular weight is 235 g/mol. The lowest BCUT2D eigenvalue weighted by molar-refractivity contribution is -0.142. The fourth-order valence-electron chi connectivity index (χ4n) is 1.13. The van der Waals surface area contributed by atoms with Gasteiger partial charge in [-0.15, -0.1) is 0 Å². The lowest BCUT2D eigenvalue weighted by Crippen LogP contribution is -2.45. The maximum Gasteiger partial charge on any atom is 0.193 e. The van der Waals surface area contributed by atoms with Crippen molar-refractivity contribution in [3.05, 3.63) is 0 Å². The van der Waals surface area contributed by atoms with Gasteiger partial charge in [-0.25, -0.2) is 0 Å². The van der Waals surface area contributed by atoms with Crippen LogP contribution in [0.3, 0.4) is 0 Å². The van der Waals surface area contributed by atoms with Gasteiger partial charge in [0.05, 0.1) is 6.61 Å². The van der Waals surface area contributed by atoms with Crippen LogP contribution in [0.25, 0.3) is 0 Å². The van der Waals surface area contributed by atoms with E-state index in [1.807, 2.05) is 6.92 Å². The minimum absolute atomic E-state index is 0.0358. The van der Waals surface area contributed by atoms with Crippen LogP contribution in [0.5, 0.6) is 0 Å². The number of nitrogens with one attached hydrogen (secondary N) is 1. The summed E-state index contributed by atoms with van der Waals surface area (Å²) >= 11 is 0. The zero-order valence-corrected chi connectivity index (χ0v) is 9.46. The fraction of sp³-hybridized carbons (Fsp3) is 0.900. The third-order valence-corrected chi connectivity index (χ3v) is 2.22. The molecule has 0 aromatic carbocycles. The van der Waals surface area contributed by atoms with Crippen LogP contribution in [0.15, 0.2) is 0 Å². The van der Waals surface area contributed by atoms with Crippen LogP contribution in [0.2, 0.25) is 0 Å². The fourth-order valence-corrected chi connectivity index (χ4v) is 1.13. The molecule has 6 heteroatoms. The molecule has 0 spiro atoms. The van der Waals surface area contributed by atoms with E-state index in [0.717, 1.165) is 12.8 Å². The molecule has 6 nitrogen and oxygen atoms in total. The van der Waals surface area contributed by atoms with E-state index >= 15 is 0 Å². The first-order valence-electron chi connectivity index (χ1n) is 5.44. The third-order valence-electron chi connectivity index (χ3n) is 2.22. The van der Waals surface area contributed by atoms with Crippen LogP contribution in [-0.2, 0) is 4.79 Å². The molecule has 0 aliphatic heterocycles. The van der Waals surface area contributed by atoms with Crippen molar-refractivity contribution in [2.75, 3.05) is 19.7 Å². The highest BCUT2D eigenvalue weighted by molar-refractivity contribution is 5.87. The van der Waals surface area contributed by atoms with Gasteiger partial charge in [-0.2, -0.15) is 0 Å². The summed E-state index contributed by atoms with van der Waals surface area (Å²) in [6, 6.07) is 0. The Morgan fingerprint density at radius 2 is 1.94 bits per heavy atom. The molecule has 0 aliphatic carbocycles. The number of carbonyl (C=O) groups excluding carboxylic acids is 1. The molecule has 16 heavy (non-hydrogen) atoms. The van der Waals surface area contributed by atoms with Crippen LogP contribution in [0.1, 0.15) is 19.8 Å². The number of carbonyl (C=O) groups is 1. The maximum absolute atomic E-state index is 11.3. The molecule has 0 heterocycles. The minimum atomic E-state index is -1.74. The van der Waals surface area contributed by atoms with Crippen LogP contribution in [0, 0.1) is 0 Å². The Morgan fingerprint density at radius 3 is 2.44 bits per heavy atom. The lowest BCUT2D eigenvalue weighted by Gasteiger charge is -2.18. The topological polar surface area (TPSA) is 110 Å². The van der Waals surface area contributed by atoms with Crippen molar-refractivity contribution in [1.29, 1.82) is 0 Å². The van der Waals surface area contributed by atoms with Gasteiger partial charge in [-0.3, -0.25) is 4.79 Å². The van der Waals surface area contributed by atoms with E-state index in [-0.39, 0.29) is 6.54 Å². The standard InChI is InChI=1S/C10H21NO5/c1-2-3-4-11-5-7(13)9(15)10(16)8(14)6-12/h7-8,10-14,16H,2-6H2,1H3/t7-,8?,10+/m0/s1. The average Bonchev–Trinajstić information content (AvgIpc) is 2.31. The molecule has 0 aliphatic rings. The van der Waals surface area contributed by atoms with E-state index < -0.39 is 30.7 Å². The number of unbranched alkanes of at least 4 members (excludes halogenated alkanes) is 1. The Labute approximate surface area is 94.9 Å². The molecule has 0 fully saturated rings. The molecule has 1 unspecified atom stereocenters. The zero-order chi connectivity index (χ0) is 12.6. The molecular formula is C10H21NO5. The third kappa shape index (κ3) is 5.53. The molecular weight excluding hydrogens is 214 g/mol. The minimum Gasteiger partial charge on any atom is -0.394 e. The highest BCUT2D eigenvalue weighted by Crippen LogP contribution is 1.98. The van der Waals surface area contributed by atoms with Gasteiger partial charge in [0, 0.05) is 6.54 Å². The molecule has 3 atom stereocenters. The van der Waals surface area contributed by atoms with E-state index in [2.05, 4.69) is 5.32 Å². The zero-order valence-electron chi connectivity index (χ0n) is 9.46. The molecule has 0 saturated carbocycles. The number of ketones is 1. The number of hydrogen-bond donors (Lipinski definition) is 5. The summed E-state index contributed by atoms with van der Waals surface area (Å²) in [5.41, 5.74) is 0. The van der Waals surface area contributed by atoms with Gasteiger partial charge in [-0.05, 0) is 13.0 Å². The summed E-state index contributed by atoms with van der Waals surface area (Å²) in [5.74, 6) is -0.884. The van der Waals surface area contributed by atoms with E-state index in [0.29, 0.717) is 6.54 Å². The Kier molecular flexibility index (Phi) is 8.32. The number of aliphatic hydroxyl groups excluding tert-OH is 4. The van der Waals surface area contributed by atoms with Gasteiger partial charge in [0.2, 0.25) is 0 Å². The first kappa shape index (κ1) is 15.5. The summed E-state index contributed by atoms with van der Waals surface area (Å²) in [6.07, 6.45) is -2.72. The Morgan fingerprint density at radius 1 is 1.31 bits per heavy atom. The van der Waals surface area contributed by atoms with E-state index in [4.69, 9.17) is 10.2 Å². The molecule has 96 valence electrons. The van der Waals surface area contributed by atoms with Crippen LogP contribution in [-0.4, -0.2) is 64.2 Å². The van der Waals surface area contributed by atoms with Gasteiger partial charge in [0.1, 0.15) is 18.3 Å². The summed E-state index contributed by atoms with van der Waals surface area (Å²) < 4.78 is 0. The molecule has 0 saturated heterocycles. The van der Waals surface area contributed by atoms with Crippen molar-refractivity contribution < 1.29 is 25.2 Å². The van der Waals surface area contributed by atoms with Gasteiger partial charge in [0.25, 0.3) is 0 Å². The predicted octanol–water partition coefficient (Wildman–Crippen LogP) is -1.98. The van der Waals surface area contributed by atoms with Crippen LogP contribution < -0.4 is 5.32 Å². The van der Waals surface area contributed by atoms with Crippen LogP contribution >= 0.6 is 0 Å². The van der Waals surface area contributed by atoms with Gasteiger partial charge in [-0.1, -0.05) is 13.3 Å². The molecule has 0 rings (SSSR count). The summed E-state index contributed by atoms with van der Waals surface area (Å²) in [7, 11) is 0. The molecule has 5 N–H and O–H groups in total. The van der Waals surface area contributed by atoms with Gasteiger partial charge in [0.15, 0.2) is 5.78 Å². The van der Waals surface area contributed by atoms with Gasteiger partial charge >= 0.3 is 0 Å². The van der Waals surface area contributed by atoms with E-state index in [9.17, 15) is 15.0 Å². The maximum atomic E-state index is 11.3. The van der Waals surface area contributed by atoms with Crippen LogP contribution in [0.4, 0.5) is 0 Å². The molecule has 0 aromatic rings. The number of rotatable bonds is 9. The second-order valence-corrected chi connectivity index (χ2v) is 3.67. The highest BCUT2D eigenvalue weighted by atomic mass is 16.4. The highest BCUT2D eigenvalue weighted by Gasteiger charge is 2.28. The Bertz CT molecular complexity index is 200. The second kappa shape index (κ2) is 8.60. The Hall–Kier alpha value is -0.530. The van der Waals surface area contributed by atoms with Crippen molar-refractivity contribution in [3.8, 4) is 0 Å². The quantitative estimate of drug-likeness (QED) is 0.296. The normalized spacial score (nSPS) is 16.8. The summed E-state index contributed by atoms with van der Waals surface area (Å²) in [4.78, 5) is 11.3. The first-order valence-corrected chi connectivity index (χ1v) is 5.44. The Balaban J connectivity index is 3.88. The predicted molar refractivity (Wildman–Crippen MR) is 57.9 cm³/mol. The van der Waals surface area contributed by atoms with Crippen molar-refractivity contribution in [3.63, 3.8) is 0 Å². The van der Waals surface area contributed by atoms with Crippen molar-refractivity contribution in [2.45, 2.75) is 38.1 Å². The summed E-state index contributed by atoms with van der Waals surface area (Å²) in [5, 5.41) is 39.0. The molecule has 0 aromatic heterocycles. The molecule has 0 bridgehead atoms. The van der Waals surface area contributed by atoms with E-state index in [1.165, 1.54) is 0 Å².